The Balaban J connectivity index is 0.00000208. The van der Waals surface area contributed by atoms with Gasteiger partial charge in [-0.3, -0.25) is 5.41 Å². The minimum absolute atomic E-state index is 0. The first kappa shape index (κ1) is 18.8. The van der Waals surface area contributed by atoms with Crippen molar-refractivity contribution in [2.24, 2.45) is 5.73 Å². The van der Waals surface area contributed by atoms with E-state index < -0.39 is 0 Å². The fourth-order valence-electron chi connectivity index (χ4n) is 2.10. The van der Waals surface area contributed by atoms with Crippen LogP contribution in [0.1, 0.15) is 4.88 Å². The molecular formula is C16H16ClN3OS3. The molecule has 2 aromatic heterocycles. The van der Waals surface area contributed by atoms with Gasteiger partial charge in [0, 0.05) is 16.5 Å². The Hall–Kier alpha value is -1.54. The molecule has 126 valence electrons. The Labute approximate surface area is 159 Å². The van der Waals surface area contributed by atoms with E-state index in [1.165, 1.54) is 11.3 Å². The Bertz CT molecular complexity index is 843. The van der Waals surface area contributed by atoms with Gasteiger partial charge in [0.2, 0.25) is 0 Å². The SMILES string of the molecule is COc1ccc(-c2csc(-c3cc(C(=N)N)sc3SC)n2)cc1.Cl. The third kappa shape index (κ3) is 3.75. The molecule has 0 fully saturated rings. The number of hydrogen-bond donors (Lipinski definition) is 2. The van der Waals surface area contributed by atoms with Crippen LogP contribution >= 0.6 is 46.8 Å². The molecule has 0 saturated carbocycles. The number of rotatable bonds is 5. The van der Waals surface area contributed by atoms with E-state index in [-0.39, 0.29) is 18.2 Å². The lowest BCUT2D eigenvalue weighted by molar-refractivity contribution is 0.415. The topological polar surface area (TPSA) is 72.0 Å². The highest BCUT2D eigenvalue weighted by molar-refractivity contribution is 8.00. The number of hydrogen-bond acceptors (Lipinski definition) is 6. The maximum Gasteiger partial charge on any atom is 0.133 e. The second-order valence-electron chi connectivity index (χ2n) is 4.70. The number of nitrogens with two attached hydrogens (primary N) is 1. The summed E-state index contributed by atoms with van der Waals surface area (Å²) >= 11 is 4.79. The zero-order chi connectivity index (χ0) is 16.4. The fraction of sp³-hybridized carbons (Fsp3) is 0.125. The smallest absolute Gasteiger partial charge is 0.133 e. The van der Waals surface area contributed by atoms with Crippen LogP contribution in [0.3, 0.4) is 0 Å². The van der Waals surface area contributed by atoms with E-state index in [9.17, 15) is 0 Å². The molecule has 2 heterocycles. The van der Waals surface area contributed by atoms with Crippen LogP contribution in [0.4, 0.5) is 0 Å². The number of thioether (sulfide) groups is 1. The summed E-state index contributed by atoms with van der Waals surface area (Å²) in [7, 11) is 1.66. The predicted molar refractivity (Wildman–Crippen MR) is 107 cm³/mol. The maximum atomic E-state index is 7.61. The molecule has 0 bridgehead atoms. The van der Waals surface area contributed by atoms with E-state index in [1.807, 2.05) is 42.0 Å². The molecule has 1 aromatic carbocycles. The summed E-state index contributed by atoms with van der Waals surface area (Å²) in [5.74, 6) is 0.932. The number of nitrogen functional groups attached to an aromatic ring is 1. The lowest BCUT2D eigenvalue weighted by Gasteiger charge is -2.00. The molecule has 3 aromatic rings. The summed E-state index contributed by atoms with van der Waals surface area (Å²) in [6.45, 7) is 0. The molecule has 0 amide bonds. The number of nitrogens with one attached hydrogen (secondary N) is 1. The van der Waals surface area contributed by atoms with Crippen molar-refractivity contribution in [1.82, 2.24) is 4.98 Å². The van der Waals surface area contributed by atoms with Crippen molar-refractivity contribution in [2.45, 2.75) is 4.21 Å². The lowest BCUT2D eigenvalue weighted by Crippen LogP contribution is -2.08. The van der Waals surface area contributed by atoms with E-state index in [0.717, 1.165) is 36.7 Å². The summed E-state index contributed by atoms with van der Waals surface area (Å²) in [6, 6.07) is 9.82. The van der Waals surface area contributed by atoms with Crippen molar-refractivity contribution in [2.75, 3.05) is 13.4 Å². The number of nitrogens with zero attached hydrogens (tertiary/aromatic N) is 1. The Morgan fingerprint density at radius 2 is 2.00 bits per heavy atom. The van der Waals surface area contributed by atoms with Gasteiger partial charge in [0.05, 0.1) is 21.9 Å². The molecule has 0 aliphatic heterocycles. The van der Waals surface area contributed by atoms with Crippen LogP contribution in [0, 0.1) is 5.41 Å². The van der Waals surface area contributed by atoms with Gasteiger partial charge in [-0.15, -0.1) is 46.8 Å². The highest BCUT2D eigenvalue weighted by Gasteiger charge is 2.15. The van der Waals surface area contributed by atoms with Crippen molar-refractivity contribution in [3.05, 3.63) is 40.6 Å². The third-order valence-corrected chi connectivity index (χ3v) is 6.45. The average Bonchev–Trinajstić information content (AvgIpc) is 3.21. The molecule has 3 N–H and O–H groups in total. The second kappa shape index (κ2) is 8.02. The van der Waals surface area contributed by atoms with Gasteiger partial charge in [-0.25, -0.2) is 4.98 Å². The molecule has 0 aliphatic rings. The summed E-state index contributed by atoms with van der Waals surface area (Å²) in [5, 5.41) is 10.6. The quantitative estimate of drug-likeness (QED) is 0.362. The molecular weight excluding hydrogens is 382 g/mol. The van der Waals surface area contributed by atoms with Gasteiger partial charge >= 0.3 is 0 Å². The van der Waals surface area contributed by atoms with Gasteiger partial charge < -0.3 is 10.5 Å². The van der Waals surface area contributed by atoms with Crippen LogP contribution < -0.4 is 10.5 Å². The van der Waals surface area contributed by atoms with E-state index in [4.69, 9.17) is 20.9 Å². The van der Waals surface area contributed by atoms with E-state index in [0.29, 0.717) is 0 Å². The molecule has 0 spiro atoms. The number of benzene rings is 1. The zero-order valence-electron chi connectivity index (χ0n) is 13.0. The molecule has 0 aliphatic carbocycles. The van der Waals surface area contributed by atoms with Gasteiger partial charge in [0.1, 0.15) is 16.6 Å². The van der Waals surface area contributed by atoms with Crippen LogP contribution in [0.2, 0.25) is 0 Å². The summed E-state index contributed by atoms with van der Waals surface area (Å²) in [4.78, 5) is 5.53. The lowest BCUT2D eigenvalue weighted by atomic mass is 10.2. The van der Waals surface area contributed by atoms with Crippen molar-refractivity contribution < 1.29 is 4.74 Å². The van der Waals surface area contributed by atoms with E-state index in [1.54, 1.807) is 30.2 Å². The van der Waals surface area contributed by atoms with Crippen LogP contribution in [-0.4, -0.2) is 24.2 Å². The highest BCUT2D eigenvalue weighted by atomic mass is 35.5. The predicted octanol–water partition coefficient (Wildman–Crippen LogP) is 4.97. The maximum absolute atomic E-state index is 7.61. The number of thiazole rings is 1. The van der Waals surface area contributed by atoms with Crippen molar-refractivity contribution in [3.8, 4) is 27.6 Å². The van der Waals surface area contributed by atoms with Crippen LogP contribution in [0.25, 0.3) is 21.8 Å². The van der Waals surface area contributed by atoms with Crippen LogP contribution in [0.5, 0.6) is 5.75 Å². The average molecular weight is 398 g/mol. The number of thiophene rings is 1. The van der Waals surface area contributed by atoms with Crippen LogP contribution in [-0.2, 0) is 0 Å². The Morgan fingerprint density at radius 1 is 1.29 bits per heavy atom. The fourth-order valence-corrected chi connectivity index (χ4v) is 4.81. The first-order chi connectivity index (χ1) is 11.1. The Kier molecular flexibility index (Phi) is 6.28. The summed E-state index contributed by atoms with van der Waals surface area (Å²) < 4.78 is 6.31. The molecule has 3 rings (SSSR count). The first-order valence-corrected chi connectivity index (χ1v) is 9.67. The van der Waals surface area contributed by atoms with Crippen molar-refractivity contribution in [1.29, 1.82) is 5.41 Å². The molecule has 8 heteroatoms. The minimum Gasteiger partial charge on any atom is -0.497 e. The van der Waals surface area contributed by atoms with Gasteiger partial charge in [-0.2, -0.15) is 0 Å². The van der Waals surface area contributed by atoms with Gasteiger partial charge in [-0.05, 0) is 36.6 Å². The van der Waals surface area contributed by atoms with Crippen molar-refractivity contribution >= 4 is 52.7 Å². The largest absolute Gasteiger partial charge is 0.497 e. The molecule has 0 saturated heterocycles. The van der Waals surface area contributed by atoms with Crippen LogP contribution in [0.15, 0.2) is 39.9 Å². The molecule has 24 heavy (non-hydrogen) atoms. The number of amidine groups is 1. The normalized spacial score (nSPS) is 10.2. The standard InChI is InChI=1S/C16H15N3OS3.ClH/c1-20-10-5-3-9(4-6-10)12-8-22-15(19-12)11-7-13(14(17)18)23-16(11)21-2;/h3-8H,1-2H3,(H3,17,18);1H. The van der Waals surface area contributed by atoms with Crippen molar-refractivity contribution in [3.63, 3.8) is 0 Å². The number of halogens is 1. The van der Waals surface area contributed by atoms with Gasteiger partial charge in [0.15, 0.2) is 0 Å². The number of aromatic nitrogens is 1. The van der Waals surface area contributed by atoms with E-state index in [2.05, 4.69) is 0 Å². The molecule has 0 unspecified atom stereocenters. The monoisotopic (exact) mass is 397 g/mol. The highest BCUT2D eigenvalue weighted by Crippen LogP contribution is 2.40. The molecule has 0 atom stereocenters. The summed E-state index contributed by atoms with van der Waals surface area (Å²) in [5.41, 5.74) is 8.66. The Morgan fingerprint density at radius 3 is 2.58 bits per heavy atom. The summed E-state index contributed by atoms with van der Waals surface area (Å²) in [6.07, 6.45) is 2.03. The molecule has 0 radical (unpaired) electrons. The third-order valence-electron chi connectivity index (χ3n) is 3.27. The van der Waals surface area contributed by atoms with Gasteiger partial charge in [0.25, 0.3) is 0 Å². The number of methoxy groups -OCH3 is 1. The van der Waals surface area contributed by atoms with E-state index >= 15 is 0 Å². The zero-order valence-corrected chi connectivity index (χ0v) is 16.3. The van der Waals surface area contributed by atoms with Gasteiger partial charge in [-0.1, -0.05) is 0 Å². The molecule has 4 nitrogen and oxygen atoms in total. The second-order valence-corrected chi connectivity index (χ2v) is 7.68. The first-order valence-electron chi connectivity index (χ1n) is 6.75. The number of ether oxygens (including phenoxy) is 1. The minimum atomic E-state index is 0.